The Bertz CT molecular complexity index is 664. The van der Waals surface area contributed by atoms with Gasteiger partial charge in [-0.3, -0.25) is 0 Å². The molecule has 0 spiro atoms. The third kappa shape index (κ3) is 2.10. The highest BCUT2D eigenvalue weighted by molar-refractivity contribution is 9.10. The maximum atomic E-state index is 5.53. The van der Waals surface area contributed by atoms with Crippen LogP contribution in [0.3, 0.4) is 0 Å². The van der Waals surface area contributed by atoms with Gasteiger partial charge < -0.3 is 14.6 Å². The Morgan fingerprint density at radius 1 is 1.30 bits per heavy atom. The predicted octanol–water partition coefficient (Wildman–Crippen LogP) is 3.75. The number of hydrogen-bond acceptors (Lipinski definition) is 3. The maximum absolute atomic E-state index is 5.53. The quantitative estimate of drug-likeness (QED) is 0.908. The van der Waals surface area contributed by atoms with Crippen LogP contribution in [0.25, 0.3) is 11.3 Å². The number of ether oxygens (including phenoxy) is 1. The van der Waals surface area contributed by atoms with E-state index < -0.39 is 0 Å². The van der Waals surface area contributed by atoms with Crippen LogP contribution in [0.2, 0.25) is 0 Å². The second kappa shape index (κ2) is 5.13. The molecule has 5 heteroatoms. The molecule has 20 heavy (non-hydrogen) atoms. The number of rotatable bonds is 2. The molecule has 2 heterocycles. The molecule has 2 aromatic rings. The second-order valence-corrected chi connectivity index (χ2v) is 5.89. The van der Waals surface area contributed by atoms with Gasteiger partial charge in [0.05, 0.1) is 7.11 Å². The first kappa shape index (κ1) is 13.5. The van der Waals surface area contributed by atoms with Crippen LogP contribution in [0.15, 0.2) is 16.7 Å². The zero-order chi connectivity index (χ0) is 14.3. The summed E-state index contributed by atoms with van der Waals surface area (Å²) in [7, 11) is 1.70. The number of nitrogens with one attached hydrogen (secondary N) is 1. The molecule has 4 nitrogen and oxygen atoms in total. The van der Waals surface area contributed by atoms with Gasteiger partial charge in [0.1, 0.15) is 16.0 Å². The van der Waals surface area contributed by atoms with Crippen LogP contribution in [-0.2, 0) is 6.54 Å². The summed E-state index contributed by atoms with van der Waals surface area (Å²) in [6.45, 7) is 6.17. The highest BCUT2D eigenvalue weighted by Gasteiger charge is 2.21. The number of nitrogens with zero attached hydrogens (tertiary/aromatic N) is 2. The molecule has 1 N–H and O–H groups in total. The Morgan fingerprint density at radius 2 is 2.05 bits per heavy atom. The Balaban J connectivity index is 2.18. The predicted molar refractivity (Wildman–Crippen MR) is 84.5 cm³/mol. The van der Waals surface area contributed by atoms with Crippen molar-refractivity contribution in [3.8, 4) is 17.0 Å². The summed E-state index contributed by atoms with van der Waals surface area (Å²) in [4.78, 5) is 4.72. The van der Waals surface area contributed by atoms with Crippen LogP contribution in [-0.4, -0.2) is 23.2 Å². The Labute approximate surface area is 127 Å². The number of imidazole rings is 1. The number of hydrogen-bond donors (Lipinski definition) is 1. The monoisotopic (exact) mass is 335 g/mol. The van der Waals surface area contributed by atoms with Gasteiger partial charge in [0.2, 0.25) is 5.95 Å². The van der Waals surface area contributed by atoms with Gasteiger partial charge in [-0.15, -0.1) is 0 Å². The lowest BCUT2D eigenvalue weighted by molar-refractivity contribution is 0.416. The first-order valence-corrected chi connectivity index (χ1v) is 7.56. The van der Waals surface area contributed by atoms with Crippen LogP contribution in [0, 0.1) is 13.8 Å². The van der Waals surface area contributed by atoms with E-state index in [0.717, 1.165) is 47.1 Å². The molecule has 0 radical (unpaired) electrons. The summed E-state index contributed by atoms with van der Waals surface area (Å²) in [5.41, 5.74) is 4.44. The second-order valence-electron chi connectivity index (χ2n) is 5.14. The number of halogens is 1. The average Bonchev–Trinajstić information content (AvgIpc) is 2.79. The van der Waals surface area contributed by atoms with E-state index >= 15 is 0 Å². The summed E-state index contributed by atoms with van der Waals surface area (Å²) < 4.78 is 8.72. The normalized spacial score (nSPS) is 13.8. The van der Waals surface area contributed by atoms with E-state index in [2.05, 4.69) is 51.8 Å². The molecule has 0 unspecified atom stereocenters. The van der Waals surface area contributed by atoms with Crippen molar-refractivity contribution in [2.45, 2.75) is 26.8 Å². The third-order valence-electron chi connectivity index (χ3n) is 3.82. The lowest BCUT2D eigenvalue weighted by atomic mass is 10.0. The van der Waals surface area contributed by atoms with Crippen molar-refractivity contribution in [1.29, 1.82) is 0 Å². The molecule has 1 aliphatic heterocycles. The Hall–Kier alpha value is -1.49. The van der Waals surface area contributed by atoms with Crippen LogP contribution < -0.4 is 10.1 Å². The van der Waals surface area contributed by atoms with Gasteiger partial charge in [-0.1, -0.05) is 0 Å². The van der Waals surface area contributed by atoms with E-state index in [-0.39, 0.29) is 0 Å². The van der Waals surface area contributed by atoms with E-state index in [9.17, 15) is 0 Å². The highest BCUT2D eigenvalue weighted by Crippen LogP contribution is 2.38. The summed E-state index contributed by atoms with van der Waals surface area (Å²) in [5.74, 6) is 1.79. The maximum Gasteiger partial charge on any atom is 0.204 e. The molecule has 3 rings (SSSR count). The minimum absolute atomic E-state index is 0.865. The number of methoxy groups -OCH3 is 1. The first-order chi connectivity index (χ1) is 9.61. The molecule has 1 aromatic heterocycles. The van der Waals surface area contributed by atoms with Crippen molar-refractivity contribution in [2.24, 2.45) is 0 Å². The zero-order valence-corrected chi connectivity index (χ0v) is 13.5. The number of fused-ring (bicyclic) bond motifs is 1. The number of benzene rings is 1. The minimum Gasteiger partial charge on any atom is -0.496 e. The SMILES string of the molecule is COc1cc(C)c(C)cc1-c1nc2n(c1Br)CCCN2. The fraction of sp³-hybridized carbons (Fsp3) is 0.400. The summed E-state index contributed by atoms with van der Waals surface area (Å²) >= 11 is 3.69. The van der Waals surface area contributed by atoms with Gasteiger partial charge in [0.25, 0.3) is 0 Å². The summed E-state index contributed by atoms with van der Waals surface area (Å²) in [6.07, 6.45) is 1.12. The molecule has 0 saturated heterocycles. The van der Waals surface area contributed by atoms with Crippen molar-refractivity contribution in [1.82, 2.24) is 9.55 Å². The van der Waals surface area contributed by atoms with E-state index in [4.69, 9.17) is 9.72 Å². The molecule has 106 valence electrons. The third-order valence-corrected chi connectivity index (χ3v) is 4.62. The van der Waals surface area contributed by atoms with E-state index in [1.165, 1.54) is 11.1 Å². The standard InChI is InChI=1S/C15H18BrN3O/c1-9-7-11(12(20-3)8-10(9)2)13-14(16)19-6-4-5-17-15(19)18-13/h7-8H,4-6H2,1-3H3,(H,17,18). The summed E-state index contributed by atoms with van der Waals surface area (Å²) in [5, 5.41) is 3.34. The molecule has 0 atom stereocenters. The molecule has 0 saturated carbocycles. The molecule has 0 aliphatic carbocycles. The van der Waals surface area contributed by atoms with Gasteiger partial charge in [0.15, 0.2) is 0 Å². The van der Waals surface area contributed by atoms with E-state index in [1.807, 2.05) is 0 Å². The first-order valence-electron chi connectivity index (χ1n) is 6.77. The molecule has 1 aromatic carbocycles. The van der Waals surface area contributed by atoms with Crippen LogP contribution in [0.4, 0.5) is 5.95 Å². The number of aromatic nitrogens is 2. The van der Waals surface area contributed by atoms with Gasteiger partial charge in [-0.25, -0.2) is 4.98 Å². The lowest BCUT2D eigenvalue weighted by Gasteiger charge is -2.15. The molecule has 0 amide bonds. The van der Waals surface area contributed by atoms with Crippen molar-refractivity contribution in [3.05, 3.63) is 27.9 Å². The summed E-state index contributed by atoms with van der Waals surface area (Å²) in [6, 6.07) is 4.22. The van der Waals surface area contributed by atoms with Gasteiger partial charge in [-0.2, -0.15) is 0 Å². The molecule has 1 aliphatic rings. The van der Waals surface area contributed by atoms with Crippen molar-refractivity contribution in [2.75, 3.05) is 19.0 Å². The molecular formula is C15H18BrN3O. The van der Waals surface area contributed by atoms with Gasteiger partial charge in [0, 0.05) is 18.7 Å². The average molecular weight is 336 g/mol. The highest BCUT2D eigenvalue weighted by atomic mass is 79.9. The number of aryl methyl sites for hydroxylation is 2. The Kier molecular flexibility index (Phi) is 3.46. The molecule has 0 fully saturated rings. The number of anilines is 1. The Morgan fingerprint density at radius 3 is 2.75 bits per heavy atom. The van der Waals surface area contributed by atoms with Crippen molar-refractivity contribution in [3.63, 3.8) is 0 Å². The van der Waals surface area contributed by atoms with Crippen LogP contribution in [0.1, 0.15) is 17.5 Å². The fourth-order valence-electron chi connectivity index (χ4n) is 2.52. The lowest BCUT2D eigenvalue weighted by Crippen LogP contribution is -2.17. The van der Waals surface area contributed by atoms with Crippen molar-refractivity contribution >= 4 is 21.9 Å². The van der Waals surface area contributed by atoms with E-state index in [1.54, 1.807) is 7.11 Å². The van der Waals surface area contributed by atoms with E-state index in [0.29, 0.717) is 0 Å². The molecular weight excluding hydrogens is 318 g/mol. The minimum atomic E-state index is 0.865. The topological polar surface area (TPSA) is 39.1 Å². The smallest absolute Gasteiger partial charge is 0.204 e. The van der Waals surface area contributed by atoms with Gasteiger partial charge in [-0.05, 0) is 59.5 Å². The van der Waals surface area contributed by atoms with Crippen LogP contribution >= 0.6 is 15.9 Å². The zero-order valence-electron chi connectivity index (χ0n) is 12.0. The molecule has 0 bridgehead atoms. The van der Waals surface area contributed by atoms with Crippen LogP contribution in [0.5, 0.6) is 5.75 Å². The fourth-order valence-corrected chi connectivity index (χ4v) is 3.17. The van der Waals surface area contributed by atoms with Gasteiger partial charge >= 0.3 is 0 Å². The van der Waals surface area contributed by atoms with Crippen molar-refractivity contribution < 1.29 is 4.74 Å². The largest absolute Gasteiger partial charge is 0.496 e.